The SMILES string of the molecule is COC(C)C(C)Nc1ccc2oc3ccccc3c2c1. The molecule has 0 amide bonds. The Morgan fingerprint density at radius 2 is 1.75 bits per heavy atom. The van der Waals surface area contributed by atoms with Crippen LogP contribution >= 0.6 is 0 Å². The van der Waals surface area contributed by atoms with E-state index >= 15 is 0 Å². The van der Waals surface area contributed by atoms with Crippen molar-refractivity contribution >= 4 is 27.6 Å². The van der Waals surface area contributed by atoms with E-state index in [0.717, 1.165) is 27.6 Å². The molecule has 0 fully saturated rings. The van der Waals surface area contributed by atoms with Crippen molar-refractivity contribution < 1.29 is 9.15 Å². The van der Waals surface area contributed by atoms with Gasteiger partial charge in [0.25, 0.3) is 0 Å². The fraction of sp³-hybridized carbons (Fsp3) is 0.294. The highest BCUT2D eigenvalue weighted by Crippen LogP contribution is 2.30. The van der Waals surface area contributed by atoms with E-state index in [-0.39, 0.29) is 12.1 Å². The van der Waals surface area contributed by atoms with Crippen molar-refractivity contribution in [1.82, 2.24) is 0 Å². The normalized spacial score (nSPS) is 14.6. The summed E-state index contributed by atoms with van der Waals surface area (Å²) >= 11 is 0. The number of benzene rings is 2. The first-order valence-electron chi connectivity index (χ1n) is 6.89. The molecule has 104 valence electrons. The molecule has 0 aliphatic carbocycles. The highest BCUT2D eigenvalue weighted by Gasteiger charge is 2.12. The molecule has 2 atom stereocenters. The van der Waals surface area contributed by atoms with Crippen molar-refractivity contribution in [3.63, 3.8) is 0 Å². The molecule has 3 heteroatoms. The summed E-state index contributed by atoms with van der Waals surface area (Å²) in [5.74, 6) is 0. The summed E-state index contributed by atoms with van der Waals surface area (Å²) in [6.07, 6.45) is 0.159. The Balaban J connectivity index is 1.99. The maximum atomic E-state index is 5.83. The van der Waals surface area contributed by atoms with Crippen LogP contribution in [0.25, 0.3) is 21.9 Å². The van der Waals surface area contributed by atoms with Crippen LogP contribution < -0.4 is 5.32 Å². The maximum Gasteiger partial charge on any atom is 0.135 e. The van der Waals surface area contributed by atoms with Gasteiger partial charge >= 0.3 is 0 Å². The molecular formula is C17H19NO2. The minimum absolute atomic E-state index is 0.159. The monoisotopic (exact) mass is 269 g/mol. The summed E-state index contributed by atoms with van der Waals surface area (Å²) in [6.45, 7) is 4.18. The summed E-state index contributed by atoms with van der Waals surface area (Å²) in [6, 6.07) is 14.6. The lowest BCUT2D eigenvalue weighted by Crippen LogP contribution is -2.29. The minimum atomic E-state index is 0.159. The van der Waals surface area contributed by atoms with Crippen LogP contribution in [0.5, 0.6) is 0 Å². The molecule has 1 aromatic heterocycles. The van der Waals surface area contributed by atoms with Crippen LogP contribution in [0.15, 0.2) is 46.9 Å². The Labute approximate surface area is 118 Å². The largest absolute Gasteiger partial charge is 0.456 e. The fourth-order valence-electron chi connectivity index (χ4n) is 2.40. The van der Waals surface area contributed by atoms with Crippen LogP contribution in [-0.4, -0.2) is 19.3 Å². The van der Waals surface area contributed by atoms with E-state index in [1.54, 1.807) is 7.11 Å². The van der Waals surface area contributed by atoms with Gasteiger partial charge in [-0.05, 0) is 38.1 Å². The number of ether oxygens (including phenoxy) is 1. The predicted octanol–water partition coefficient (Wildman–Crippen LogP) is 4.42. The second-order valence-electron chi connectivity index (χ2n) is 5.18. The number of fused-ring (bicyclic) bond motifs is 3. The van der Waals surface area contributed by atoms with Gasteiger partial charge in [0.1, 0.15) is 11.2 Å². The number of hydrogen-bond donors (Lipinski definition) is 1. The summed E-state index contributed by atoms with van der Waals surface area (Å²) in [5, 5.41) is 5.77. The van der Waals surface area contributed by atoms with Crippen LogP contribution in [0.4, 0.5) is 5.69 Å². The second kappa shape index (κ2) is 5.17. The summed E-state index contributed by atoms with van der Waals surface area (Å²) in [4.78, 5) is 0. The van der Waals surface area contributed by atoms with Crippen molar-refractivity contribution in [3.8, 4) is 0 Å². The van der Waals surface area contributed by atoms with Gasteiger partial charge in [0.05, 0.1) is 6.10 Å². The predicted molar refractivity (Wildman–Crippen MR) is 83.3 cm³/mol. The number of hydrogen-bond acceptors (Lipinski definition) is 3. The minimum Gasteiger partial charge on any atom is -0.456 e. The van der Waals surface area contributed by atoms with Gasteiger partial charge in [-0.25, -0.2) is 0 Å². The lowest BCUT2D eigenvalue weighted by atomic mass is 10.1. The van der Waals surface area contributed by atoms with Gasteiger partial charge in [-0.15, -0.1) is 0 Å². The van der Waals surface area contributed by atoms with Gasteiger partial charge in [-0.1, -0.05) is 18.2 Å². The zero-order valence-electron chi connectivity index (χ0n) is 12.0. The third-order valence-corrected chi connectivity index (χ3v) is 3.85. The molecule has 0 saturated heterocycles. The first-order valence-corrected chi connectivity index (χ1v) is 6.89. The third-order valence-electron chi connectivity index (χ3n) is 3.85. The summed E-state index contributed by atoms with van der Waals surface area (Å²) < 4.78 is 11.2. The standard InChI is InChI=1S/C17H19NO2/c1-11(12(2)19-3)18-13-8-9-17-15(10-13)14-6-4-5-7-16(14)20-17/h4-12,18H,1-3H3. The quantitative estimate of drug-likeness (QED) is 0.761. The number of furan rings is 1. The zero-order valence-corrected chi connectivity index (χ0v) is 12.0. The van der Waals surface area contributed by atoms with E-state index in [9.17, 15) is 0 Å². The van der Waals surface area contributed by atoms with E-state index in [4.69, 9.17) is 9.15 Å². The van der Waals surface area contributed by atoms with E-state index in [1.807, 2.05) is 30.3 Å². The van der Waals surface area contributed by atoms with Crippen LogP contribution in [0.2, 0.25) is 0 Å². The molecule has 3 nitrogen and oxygen atoms in total. The van der Waals surface area contributed by atoms with Crippen molar-refractivity contribution in [3.05, 3.63) is 42.5 Å². The summed E-state index contributed by atoms with van der Waals surface area (Å²) in [5.41, 5.74) is 2.93. The van der Waals surface area contributed by atoms with E-state index in [2.05, 4.69) is 31.3 Å². The maximum absolute atomic E-state index is 5.83. The molecule has 0 spiro atoms. The Hall–Kier alpha value is -2.00. The van der Waals surface area contributed by atoms with Crippen molar-refractivity contribution in [2.24, 2.45) is 0 Å². The molecule has 3 aromatic rings. The van der Waals surface area contributed by atoms with Crippen molar-refractivity contribution in [2.45, 2.75) is 26.0 Å². The van der Waals surface area contributed by atoms with Gasteiger partial charge < -0.3 is 14.5 Å². The number of rotatable bonds is 4. The lowest BCUT2D eigenvalue weighted by molar-refractivity contribution is 0.106. The highest BCUT2D eigenvalue weighted by molar-refractivity contribution is 6.05. The average Bonchev–Trinajstić information content (AvgIpc) is 2.84. The number of anilines is 1. The van der Waals surface area contributed by atoms with Gasteiger partial charge in [-0.3, -0.25) is 0 Å². The average molecular weight is 269 g/mol. The molecule has 0 aliphatic rings. The Morgan fingerprint density at radius 3 is 2.55 bits per heavy atom. The molecule has 2 aromatic carbocycles. The van der Waals surface area contributed by atoms with E-state index in [0.29, 0.717) is 0 Å². The van der Waals surface area contributed by atoms with Crippen LogP contribution in [0.1, 0.15) is 13.8 Å². The molecule has 1 N–H and O–H groups in total. The van der Waals surface area contributed by atoms with Gasteiger partial charge in [-0.2, -0.15) is 0 Å². The van der Waals surface area contributed by atoms with Crippen molar-refractivity contribution in [2.75, 3.05) is 12.4 Å². The summed E-state index contributed by atoms with van der Waals surface area (Å²) in [7, 11) is 1.73. The van der Waals surface area contributed by atoms with E-state index in [1.165, 1.54) is 0 Å². The molecule has 0 bridgehead atoms. The topological polar surface area (TPSA) is 34.4 Å². The fourth-order valence-corrected chi connectivity index (χ4v) is 2.40. The first kappa shape index (κ1) is 13.0. The highest BCUT2D eigenvalue weighted by atomic mass is 16.5. The van der Waals surface area contributed by atoms with E-state index < -0.39 is 0 Å². The third kappa shape index (κ3) is 2.25. The van der Waals surface area contributed by atoms with Crippen LogP contribution in [-0.2, 0) is 4.74 Å². The molecular weight excluding hydrogens is 250 g/mol. The van der Waals surface area contributed by atoms with Crippen LogP contribution in [0, 0.1) is 0 Å². The number of para-hydroxylation sites is 1. The number of methoxy groups -OCH3 is 1. The molecule has 2 unspecified atom stereocenters. The van der Waals surface area contributed by atoms with Gasteiger partial charge in [0.2, 0.25) is 0 Å². The second-order valence-corrected chi connectivity index (χ2v) is 5.18. The lowest BCUT2D eigenvalue weighted by Gasteiger charge is -2.21. The molecule has 1 heterocycles. The molecule has 3 rings (SSSR count). The Morgan fingerprint density at radius 1 is 1.00 bits per heavy atom. The molecule has 20 heavy (non-hydrogen) atoms. The Bertz CT molecular complexity index is 732. The molecule has 0 aliphatic heterocycles. The smallest absolute Gasteiger partial charge is 0.135 e. The van der Waals surface area contributed by atoms with Crippen LogP contribution in [0.3, 0.4) is 0 Å². The molecule has 0 saturated carbocycles. The van der Waals surface area contributed by atoms with Gasteiger partial charge in [0.15, 0.2) is 0 Å². The Kier molecular flexibility index (Phi) is 3.36. The zero-order chi connectivity index (χ0) is 14.1. The molecule has 0 radical (unpaired) electrons. The van der Waals surface area contributed by atoms with Gasteiger partial charge in [0, 0.05) is 29.6 Å². The number of nitrogens with one attached hydrogen (secondary N) is 1. The van der Waals surface area contributed by atoms with Crippen molar-refractivity contribution in [1.29, 1.82) is 0 Å². The first-order chi connectivity index (χ1) is 9.69.